The third-order valence-corrected chi connectivity index (χ3v) is 6.56. The van der Waals surface area contributed by atoms with Gasteiger partial charge in [-0.15, -0.1) is 0 Å². The van der Waals surface area contributed by atoms with Crippen molar-refractivity contribution in [2.45, 2.75) is 43.7 Å². The van der Waals surface area contributed by atoms with Gasteiger partial charge in [0.05, 0.1) is 7.11 Å². The SMILES string of the molecule is COc1ccnc(C(=O)N[C@@H](C)C(=O)OC(C)C2(c3ccccc3)CC2c2ccccc2)c1O. The Kier molecular flexibility index (Phi) is 6.54. The van der Waals surface area contributed by atoms with Gasteiger partial charge in [0, 0.05) is 17.7 Å². The molecule has 1 heterocycles. The van der Waals surface area contributed by atoms with Crippen LogP contribution in [-0.4, -0.2) is 41.2 Å². The van der Waals surface area contributed by atoms with Gasteiger partial charge in [0.1, 0.15) is 12.1 Å². The average Bonchev–Trinajstić information content (AvgIpc) is 3.62. The Labute approximate surface area is 198 Å². The molecule has 1 amide bonds. The van der Waals surface area contributed by atoms with Crippen molar-refractivity contribution < 1.29 is 24.2 Å². The number of esters is 1. The van der Waals surface area contributed by atoms with Gasteiger partial charge in [0.15, 0.2) is 17.2 Å². The largest absolute Gasteiger partial charge is 0.503 e. The van der Waals surface area contributed by atoms with Gasteiger partial charge in [-0.1, -0.05) is 60.7 Å². The second-order valence-corrected chi connectivity index (χ2v) is 8.56. The van der Waals surface area contributed by atoms with E-state index in [1.807, 2.05) is 43.3 Å². The van der Waals surface area contributed by atoms with Gasteiger partial charge >= 0.3 is 5.97 Å². The van der Waals surface area contributed by atoms with Gasteiger partial charge < -0.3 is 19.9 Å². The predicted octanol–water partition coefficient (Wildman–Crippen LogP) is 3.97. The molecule has 1 saturated carbocycles. The number of carbonyl (C=O) groups is 2. The maximum Gasteiger partial charge on any atom is 0.328 e. The van der Waals surface area contributed by atoms with Crippen molar-refractivity contribution in [1.29, 1.82) is 0 Å². The Morgan fingerprint density at radius 3 is 2.35 bits per heavy atom. The fourth-order valence-corrected chi connectivity index (χ4v) is 4.60. The fraction of sp³-hybridized carbons (Fsp3) is 0.296. The summed E-state index contributed by atoms with van der Waals surface area (Å²) in [5, 5.41) is 12.7. The maximum atomic E-state index is 12.9. The van der Waals surface area contributed by atoms with E-state index >= 15 is 0 Å². The van der Waals surface area contributed by atoms with E-state index in [0.717, 1.165) is 12.0 Å². The number of nitrogens with one attached hydrogen (secondary N) is 1. The number of rotatable bonds is 8. The molecule has 4 rings (SSSR count). The highest BCUT2D eigenvalue weighted by Crippen LogP contribution is 2.63. The Balaban J connectivity index is 1.49. The number of nitrogens with zero attached hydrogens (tertiary/aromatic N) is 1. The average molecular weight is 461 g/mol. The highest BCUT2D eigenvalue weighted by atomic mass is 16.5. The summed E-state index contributed by atoms with van der Waals surface area (Å²) >= 11 is 0. The van der Waals surface area contributed by atoms with E-state index in [9.17, 15) is 14.7 Å². The molecular weight excluding hydrogens is 432 g/mol. The number of aromatic nitrogens is 1. The molecule has 1 aliphatic rings. The quantitative estimate of drug-likeness (QED) is 0.494. The molecule has 1 aromatic heterocycles. The van der Waals surface area contributed by atoms with E-state index in [4.69, 9.17) is 9.47 Å². The molecule has 7 heteroatoms. The summed E-state index contributed by atoms with van der Waals surface area (Å²) in [5.74, 6) is -1.29. The van der Waals surface area contributed by atoms with Gasteiger partial charge in [-0.2, -0.15) is 0 Å². The monoisotopic (exact) mass is 460 g/mol. The summed E-state index contributed by atoms with van der Waals surface area (Å²) < 4.78 is 10.9. The lowest BCUT2D eigenvalue weighted by molar-refractivity contribution is -0.151. The number of amides is 1. The molecule has 2 aromatic carbocycles. The summed E-state index contributed by atoms with van der Waals surface area (Å²) in [7, 11) is 1.38. The lowest BCUT2D eigenvalue weighted by atomic mass is 9.86. The first-order chi connectivity index (χ1) is 16.4. The van der Waals surface area contributed by atoms with E-state index in [0.29, 0.717) is 0 Å². The summed E-state index contributed by atoms with van der Waals surface area (Å²) in [4.78, 5) is 29.4. The minimum atomic E-state index is -0.941. The molecule has 2 N–H and O–H groups in total. The number of ether oxygens (including phenoxy) is 2. The number of hydrogen-bond acceptors (Lipinski definition) is 6. The molecule has 34 heavy (non-hydrogen) atoms. The Bertz CT molecular complexity index is 1170. The zero-order valence-electron chi connectivity index (χ0n) is 19.4. The molecule has 0 bridgehead atoms. The van der Waals surface area contributed by atoms with Crippen LogP contribution in [0.3, 0.4) is 0 Å². The predicted molar refractivity (Wildman–Crippen MR) is 127 cm³/mol. The minimum absolute atomic E-state index is 0.120. The van der Waals surface area contributed by atoms with Gasteiger partial charge in [0.25, 0.3) is 5.91 Å². The number of carbonyl (C=O) groups excluding carboxylic acids is 2. The summed E-state index contributed by atoms with van der Waals surface area (Å²) in [6.07, 6.45) is 1.78. The topological polar surface area (TPSA) is 97.8 Å². The molecule has 0 spiro atoms. The normalized spacial score (nSPS) is 20.6. The second-order valence-electron chi connectivity index (χ2n) is 8.56. The van der Waals surface area contributed by atoms with Gasteiger partial charge in [-0.3, -0.25) is 4.79 Å². The first kappa shape index (κ1) is 23.3. The summed E-state index contributed by atoms with van der Waals surface area (Å²) in [6.45, 7) is 3.44. The standard InChI is InChI=1S/C27H28N2O5/c1-17(29-25(31)23-24(30)22(33-3)14-15-28-23)26(32)34-18(2)27(20-12-8-5-9-13-20)16-21(27)19-10-6-4-7-11-19/h4-15,17-18,21,30H,16H2,1-3H3,(H,29,31)/t17-,18?,21?,27?/m0/s1. The smallest absolute Gasteiger partial charge is 0.328 e. The maximum absolute atomic E-state index is 12.9. The van der Waals surface area contributed by atoms with Crippen LogP contribution in [0.2, 0.25) is 0 Å². The zero-order valence-corrected chi connectivity index (χ0v) is 19.4. The highest BCUT2D eigenvalue weighted by Gasteiger charge is 2.60. The van der Waals surface area contributed by atoms with Crippen LogP contribution < -0.4 is 10.1 Å². The van der Waals surface area contributed by atoms with Crippen LogP contribution in [0.4, 0.5) is 0 Å². The molecule has 0 aliphatic heterocycles. The summed E-state index contributed by atoms with van der Waals surface area (Å²) in [6, 6.07) is 20.8. The van der Waals surface area contributed by atoms with Gasteiger partial charge in [-0.25, -0.2) is 9.78 Å². The zero-order chi connectivity index (χ0) is 24.3. The van der Waals surface area contributed by atoms with Crippen molar-refractivity contribution in [2.75, 3.05) is 7.11 Å². The number of pyridine rings is 1. The number of methoxy groups -OCH3 is 1. The molecule has 176 valence electrons. The Hall–Kier alpha value is -3.87. The lowest BCUT2D eigenvalue weighted by Crippen LogP contribution is -2.42. The van der Waals surface area contributed by atoms with Crippen molar-refractivity contribution in [2.24, 2.45) is 0 Å². The van der Waals surface area contributed by atoms with Crippen LogP contribution in [0.15, 0.2) is 72.9 Å². The van der Waals surface area contributed by atoms with Crippen molar-refractivity contribution in [1.82, 2.24) is 10.3 Å². The van der Waals surface area contributed by atoms with E-state index in [1.165, 1.54) is 24.9 Å². The van der Waals surface area contributed by atoms with Crippen molar-refractivity contribution in [3.63, 3.8) is 0 Å². The Morgan fingerprint density at radius 1 is 1.06 bits per heavy atom. The second kappa shape index (κ2) is 9.55. The number of benzene rings is 2. The van der Waals surface area contributed by atoms with Crippen LogP contribution in [0, 0.1) is 0 Å². The van der Waals surface area contributed by atoms with E-state index in [1.54, 1.807) is 6.92 Å². The molecule has 7 nitrogen and oxygen atoms in total. The number of hydrogen-bond donors (Lipinski definition) is 2. The van der Waals surface area contributed by atoms with E-state index < -0.39 is 24.0 Å². The lowest BCUT2D eigenvalue weighted by Gasteiger charge is -2.27. The van der Waals surface area contributed by atoms with Crippen molar-refractivity contribution >= 4 is 11.9 Å². The van der Waals surface area contributed by atoms with Crippen LogP contribution in [-0.2, 0) is 14.9 Å². The number of aromatic hydroxyl groups is 1. The van der Waals surface area contributed by atoms with E-state index in [-0.39, 0.29) is 28.5 Å². The molecule has 1 aliphatic carbocycles. The minimum Gasteiger partial charge on any atom is -0.503 e. The third kappa shape index (κ3) is 4.33. The first-order valence-corrected chi connectivity index (χ1v) is 11.2. The van der Waals surface area contributed by atoms with Crippen molar-refractivity contribution in [3.8, 4) is 11.5 Å². The summed E-state index contributed by atoms with van der Waals surface area (Å²) in [5.41, 5.74) is 1.76. The van der Waals surface area contributed by atoms with Crippen molar-refractivity contribution in [3.05, 3.63) is 89.7 Å². The molecule has 3 aromatic rings. The molecule has 1 fully saturated rings. The van der Waals surface area contributed by atoms with Gasteiger partial charge in [-0.05, 0) is 37.3 Å². The van der Waals surface area contributed by atoms with E-state index in [2.05, 4.69) is 34.6 Å². The highest BCUT2D eigenvalue weighted by molar-refractivity contribution is 5.97. The molecule has 0 radical (unpaired) electrons. The first-order valence-electron chi connectivity index (χ1n) is 11.2. The molecule has 0 saturated heterocycles. The van der Waals surface area contributed by atoms with Crippen LogP contribution in [0.5, 0.6) is 11.5 Å². The molecule has 4 atom stereocenters. The van der Waals surface area contributed by atoms with Gasteiger partial charge in [0.2, 0.25) is 0 Å². The molecular formula is C27H28N2O5. The molecule has 3 unspecified atom stereocenters. The third-order valence-electron chi connectivity index (χ3n) is 6.56. The van der Waals surface area contributed by atoms with Crippen LogP contribution >= 0.6 is 0 Å². The van der Waals surface area contributed by atoms with Crippen LogP contribution in [0.1, 0.15) is 47.8 Å². The van der Waals surface area contributed by atoms with Crippen LogP contribution in [0.25, 0.3) is 0 Å². The fourth-order valence-electron chi connectivity index (χ4n) is 4.60. The Morgan fingerprint density at radius 2 is 1.71 bits per heavy atom.